The molecule has 0 atom stereocenters. The summed E-state index contributed by atoms with van der Waals surface area (Å²) >= 11 is 0. The van der Waals surface area contributed by atoms with Gasteiger partial charge in [0, 0.05) is 26.2 Å². The van der Waals surface area contributed by atoms with E-state index in [4.69, 9.17) is 0 Å². The van der Waals surface area contributed by atoms with Gasteiger partial charge in [-0.15, -0.1) is 0 Å². The second kappa shape index (κ2) is 4.69. The van der Waals surface area contributed by atoms with Crippen molar-refractivity contribution in [3.05, 3.63) is 11.6 Å². The average molecular weight is 208 g/mol. The predicted octanol–water partition coefficient (Wildman–Crippen LogP) is 2.24. The second-order valence-electron chi connectivity index (χ2n) is 4.59. The van der Waals surface area contributed by atoms with E-state index in [0.29, 0.717) is 0 Å². The van der Waals surface area contributed by atoms with E-state index in [1.54, 1.807) is 0 Å². The maximum Gasteiger partial charge on any atom is 0.320 e. The minimum absolute atomic E-state index is 0.252. The Hall–Kier alpha value is -0.990. The third-order valence-corrected chi connectivity index (χ3v) is 3.23. The molecule has 1 saturated heterocycles. The van der Waals surface area contributed by atoms with E-state index in [1.807, 2.05) is 9.80 Å². The SMILES string of the molecule is CC1=CCCN(C(=O)N2CCCCC2)C1. The molecule has 84 valence electrons. The number of hydrogen-bond donors (Lipinski definition) is 0. The fourth-order valence-electron chi connectivity index (χ4n) is 2.36. The average Bonchev–Trinajstić information content (AvgIpc) is 2.29. The van der Waals surface area contributed by atoms with Crippen molar-refractivity contribution < 1.29 is 4.79 Å². The van der Waals surface area contributed by atoms with Crippen LogP contribution in [0.4, 0.5) is 4.79 Å². The van der Waals surface area contributed by atoms with Crippen LogP contribution in [0, 0.1) is 0 Å². The Morgan fingerprint density at radius 2 is 1.87 bits per heavy atom. The van der Waals surface area contributed by atoms with Gasteiger partial charge in [-0.2, -0.15) is 0 Å². The van der Waals surface area contributed by atoms with Crippen molar-refractivity contribution in [1.82, 2.24) is 9.80 Å². The van der Waals surface area contributed by atoms with E-state index >= 15 is 0 Å². The maximum absolute atomic E-state index is 12.1. The molecule has 0 radical (unpaired) electrons. The van der Waals surface area contributed by atoms with Gasteiger partial charge >= 0.3 is 6.03 Å². The zero-order chi connectivity index (χ0) is 10.7. The lowest BCUT2D eigenvalue weighted by atomic mass is 10.1. The van der Waals surface area contributed by atoms with E-state index in [0.717, 1.165) is 32.6 Å². The van der Waals surface area contributed by atoms with Crippen LogP contribution in [0.2, 0.25) is 0 Å². The summed E-state index contributed by atoms with van der Waals surface area (Å²) in [7, 11) is 0. The molecule has 2 aliphatic rings. The van der Waals surface area contributed by atoms with Gasteiger partial charge in [0.05, 0.1) is 0 Å². The highest BCUT2D eigenvalue weighted by molar-refractivity contribution is 5.75. The van der Waals surface area contributed by atoms with E-state index in [2.05, 4.69) is 13.0 Å². The first-order chi connectivity index (χ1) is 7.27. The summed E-state index contributed by atoms with van der Waals surface area (Å²) in [5, 5.41) is 0. The molecule has 2 amide bonds. The van der Waals surface area contributed by atoms with Gasteiger partial charge in [0.25, 0.3) is 0 Å². The normalized spacial score (nSPS) is 22.6. The molecule has 3 heteroatoms. The number of likely N-dealkylation sites (tertiary alicyclic amines) is 1. The van der Waals surface area contributed by atoms with Gasteiger partial charge in [0.1, 0.15) is 0 Å². The summed E-state index contributed by atoms with van der Waals surface area (Å²) in [6.07, 6.45) is 6.89. The molecule has 15 heavy (non-hydrogen) atoms. The molecule has 1 fully saturated rings. The molecule has 3 nitrogen and oxygen atoms in total. The first-order valence-corrected chi connectivity index (χ1v) is 5.97. The number of rotatable bonds is 0. The van der Waals surface area contributed by atoms with Crippen molar-refractivity contribution in [2.75, 3.05) is 26.2 Å². The van der Waals surface area contributed by atoms with Gasteiger partial charge < -0.3 is 9.80 Å². The van der Waals surface area contributed by atoms with Crippen LogP contribution in [0.1, 0.15) is 32.6 Å². The minimum Gasteiger partial charge on any atom is -0.325 e. The molecule has 0 N–H and O–H groups in total. The predicted molar refractivity (Wildman–Crippen MR) is 60.8 cm³/mol. The first kappa shape index (κ1) is 10.5. The Balaban J connectivity index is 1.92. The summed E-state index contributed by atoms with van der Waals surface area (Å²) in [4.78, 5) is 16.1. The molecule has 0 saturated carbocycles. The molecular weight excluding hydrogens is 188 g/mol. The number of piperidine rings is 1. The summed E-state index contributed by atoms with van der Waals surface area (Å²) in [6.45, 7) is 5.74. The van der Waals surface area contributed by atoms with Crippen molar-refractivity contribution in [1.29, 1.82) is 0 Å². The largest absolute Gasteiger partial charge is 0.325 e. The van der Waals surface area contributed by atoms with Crippen LogP contribution < -0.4 is 0 Å². The first-order valence-electron chi connectivity index (χ1n) is 5.97. The number of amides is 2. The van der Waals surface area contributed by atoms with Crippen molar-refractivity contribution in [3.63, 3.8) is 0 Å². The zero-order valence-corrected chi connectivity index (χ0v) is 9.54. The second-order valence-corrected chi connectivity index (χ2v) is 4.59. The van der Waals surface area contributed by atoms with Crippen LogP contribution in [0.25, 0.3) is 0 Å². The van der Waals surface area contributed by atoms with Crippen molar-refractivity contribution >= 4 is 6.03 Å². The molecule has 0 aliphatic carbocycles. The van der Waals surface area contributed by atoms with E-state index in [1.165, 1.54) is 24.8 Å². The van der Waals surface area contributed by atoms with Crippen molar-refractivity contribution in [2.45, 2.75) is 32.6 Å². The van der Waals surface area contributed by atoms with E-state index < -0.39 is 0 Å². The number of urea groups is 1. The fourth-order valence-corrected chi connectivity index (χ4v) is 2.36. The van der Waals surface area contributed by atoms with Gasteiger partial charge in [-0.1, -0.05) is 11.6 Å². The summed E-state index contributed by atoms with van der Waals surface area (Å²) in [6, 6.07) is 0.252. The lowest BCUT2D eigenvalue weighted by Crippen LogP contribution is -2.47. The molecule has 0 aromatic carbocycles. The molecule has 0 aromatic heterocycles. The van der Waals surface area contributed by atoms with Gasteiger partial charge in [0.2, 0.25) is 0 Å². The summed E-state index contributed by atoms with van der Waals surface area (Å²) in [5.74, 6) is 0. The molecule has 0 spiro atoms. The number of hydrogen-bond acceptors (Lipinski definition) is 1. The molecule has 0 bridgehead atoms. The topological polar surface area (TPSA) is 23.6 Å². The molecule has 2 aliphatic heterocycles. The molecule has 2 heterocycles. The fraction of sp³-hybridized carbons (Fsp3) is 0.750. The number of carbonyl (C=O) groups excluding carboxylic acids is 1. The van der Waals surface area contributed by atoms with Crippen molar-refractivity contribution in [3.8, 4) is 0 Å². The monoisotopic (exact) mass is 208 g/mol. The van der Waals surface area contributed by atoms with Gasteiger partial charge in [0.15, 0.2) is 0 Å². The molecule has 0 unspecified atom stereocenters. The smallest absolute Gasteiger partial charge is 0.320 e. The van der Waals surface area contributed by atoms with Crippen molar-refractivity contribution in [2.24, 2.45) is 0 Å². The van der Waals surface area contributed by atoms with E-state index in [-0.39, 0.29) is 6.03 Å². The zero-order valence-electron chi connectivity index (χ0n) is 9.54. The number of carbonyl (C=O) groups is 1. The van der Waals surface area contributed by atoms with Crippen LogP contribution >= 0.6 is 0 Å². The van der Waals surface area contributed by atoms with Crippen LogP contribution in [-0.2, 0) is 0 Å². The highest BCUT2D eigenvalue weighted by Crippen LogP contribution is 2.15. The van der Waals surface area contributed by atoms with Crippen LogP contribution in [-0.4, -0.2) is 42.0 Å². The van der Waals surface area contributed by atoms with Gasteiger partial charge in [-0.25, -0.2) is 4.79 Å². The highest BCUT2D eigenvalue weighted by Gasteiger charge is 2.23. The Labute approximate surface area is 91.7 Å². The van der Waals surface area contributed by atoms with Gasteiger partial charge in [-0.05, 0) is 32.6 Å². The Bertz CT molecular complexity index is 267. The highest BCUT2D eigenvalue weighted by atomic mass is 16.2. The van der Waals surface area contributed by atoms with Crippen LogP contribution in [0.5, 0.6) is 0 Å². The Kier molecular flexibility index (Phi) is 3.29. The molecule has 0 aromatic rings. The van der Waals surface area contributed by atoms with Gasteiger partial charge in [-0.3, -0.25) is 0 Å². The Morgan fingerprint density at radius 3 is 2.53 bits per heavy atom. The summed E-state index contributed by atoms with van der Waals surface area (Å²) in [5.41, 5.74) is 1.33. The van der Waals surface area contributed by atoms with E-state index in [9.17, 15) is 4.79 Å². The third kappa shape index (κ3) is 2.52. The standard InChI is InChI=1S/C12H20N2O/c1-11-6-5-9-14(10-11)12(15)13-7-3-2-4-8-13/h6H,2-5,7-10H2,1H3. The van der Waals surface area contributed by atoms with Crippen LogP contribution in [0.15, 0.2) is 11.6 Å². The minimum atomic E-state index is 0.252. The molecular formula is C12H20N2O. The maximum atomic E-state index is 12.1. The Morgan fingerprint density at radius 1 is 1.13 bits per heavy atom. The lowest BCUT2D eigenvalue weighted by molar-refractivity contribution is 0.146. The summed E-state index contributed by atoms with van der Waals surface area (Å²) < 4.78 is 0. The van der Waals surface area contributed by atoms with Crippen LogP contribution in [0.3, 0.4) is 0 Å². The molecule has 2 rings (SSSR count). The lowest BCUT2D eigenvalue weighted by Gasteiger charge is -2.34. The number of nitrogens with zero attached hydrogens (tertiary/aromatic N) is 2. The third-order valence-electron chi connectivity index (χ3n) is 3.23. The quantitative estimate of drug-likeness (QED) is 0.560.